The molecule has 2 rings (SSSR count). The Morgan fingerprint density at radius 3 is 2.33 bits per heavy atom. The molecule has 92 valence electrons. The van der Waals surface area contributed by atoms with Gasteiger partial charge in [0, 0.05) is 0 Å². The van der Waals surface area contributed by atoms with Crippen molar-refractivity contribution in [1.82, 2.24) is 0 Å². The van der Waals surface area contributed by atoms with E-state index in [9.17, 15) is 0 Å². The summed E-state index contributed by atoms with van der Waals surface area (Å²) < 4.78 is 0. The van der Waals surface area contributed by atoms with Crippen LogP contribution in [0.1, 0.15) is 37.0 Å². The van der Waals surface area contributed by atoms with Crippen LogP contribution < -0.4 is 0 Å². The van der Waals surface area contributed by atoms with Crippen LogP contribution >= 0.6 is 0 Å². The molecule has 0 heterocycles. The van der Waals surface area contributed by atoms with Crippen molar-refractivity contribution >= 4 is 11.6 Å². The van der Waals surface area contributed by atoms with Crippen molar-refractivity contribution in [1.29, 1.82) is 0 Å². The molecule has 0 fully saturated rings. The molecule has 0 aliphatic carbocycles. The van der Waals surface area contributed by atoms with E-state index in [-0.39, 0.29) is 0 Å². The Morgan fingerprint density at radius 2 is 1.61 bits per heavy atom. The lowest BCUT2D eigenvalue weighted by molar-refractivity contribution is 0.918. The highest BCUT2D eigenvalue weighted by atomic mass is 14.1. The lowest BCUT2D eigenvalue weighted by atomic mass is 9.96. The Bertz CT molecular complexity index is 521. The largest absolute Gasteiger partial charge is 0.0651 e. The molecule has 0 nitrogen and oxygen atoms in total. The second-order valence-corrected chi connectivity index (χ2v) is 4.65. The summed E-state index contributed by atoms with van der Waals surface area (Å²) in [6.07, 6.45) is 4.60. The number of rotatable bonds is 4. The molecular formula is C18H20. The summed E-state index contributed by atoms with van der Waals surface area (Å²) in [5, 5.41) is 0. The van der Waals surface area contributed by atoms with E-state index >= 15 is 0 Å². The van der Waals surface area contributed by atoms with Crippen molar-refractivity contribution < 1.29 is 0 Å². The van der Waals surface area contributed by atoms with Crippen LogP contribution in [0, 0.1) is 0 Å². The second kappa shape index (κ2) is 6.20. The lowest BCUT2D eigenvalue weighted by Crippen LogP contribution is -1.91. The first-order valence-corrected chi connectivity index (χ1v) is 6.63. The van der Waals surface area contributed by atoms with Crippen LogP contribution in [0.15, 0.2) is 54.6 Å². The fourth-order valence-electron chi connectivity index (χ4n) is 2.27. The Kier molecular flexibility index (Phi) is 4.35. The fourth-order valence-corrected chi connectivity index (χ4v) is 2.27. The summed E-state index contributed by atoms with van der Waals surface area (Å²) in [6.45, 7) is 4.43. The normalized spacial score (nSPS) is 11.6. The van der Waals surface area contributed by atoms with Gasteiger partial charge in [-0.05, 0) is 35.6 Å². The van der Waals surface area contributed by atoms with Gasteiger partial charge < -0.3 is 0 Å². The summed E-state index contributed by atoms with van der Waals surface area (Å²) >= 11 is 0. The van der Waals surface area contributed by atoms with Crippen LogP contribution in [-0.4, -0.2) is 0 Å². The molecular weight excluding hydrogens is 216 g/mol. The van der Waals surface area contributed by atoms with E-state index in [4.69, 9.17) is 0 Å². The van der Waals surface area contributed by atoms with E-state index in [1.54, 1.807) is 0 Å². The van der Waals surface area contributed by atoms with Gasteiger partial charge >= 0.3 is 0 Å². The molecule has 0 amide bonds. The first-order chi connectivity index (χ1) is 8.81. The van der Waals surface area contributed by atoms with Gasteiger partial charge in [-0.2, -0.15) is 0 Å². The Balaban J connectivity index is 2.34. The highest BCUT2D eigenvalue weighted by molar-refractivity contribution is 5.81. The molecule has 0 bridgehead atoms. The number of benzene rings is 2. The van der Waals surface area contributed by atoms with Crippen LogP contribution in [0.3, 0.4) is 0 Å². The summed E-state index contributed by atoms with van der Waals surface area (Å²) in [6, 6.07) is 19.2. The van der Waals surface area contributed by atoms with Crippen LogP contribution in [0.4, 0.5) is 0 Å². The molecule has 0 atom stereocenters. The van der Waals surface area contributed by atoms with Gasteiger partial charge in [0.2, 0.25) is 0 Å². The van der Waals surface area contributed by atoms with Crippen molar-refractivity contribution in [3.63, 3.8) is 0 Å². The molecule has 18 heavy (non-hydrogen) atoms. The van der Waals surface area contributed by atoms with Gasteiger partial charge in [0.1, 0.15) is 0 Å². The van der Waals surface area contributed by atoms with Gasteiger partial charge in [-0.1, -0.05) is 74.0 Å². The highest BCUT2D eigenvalue weighted by Crippen LogP contribution is 2.22. The molecule has 0 aliphatic heterocycles. The minimum atomic E-state index is 1.15. The average Bonchev–Trinajstić information content (AvgIpc) is 2.41. The zero-order chi connectivity index (χ0) is 12.8. The molecule has 2 aromatic rings. The van der Waals surface area contributed by atoms with Crippen LogP contribution in [0.2, 0.25) is 0 Å². The molecule has 0 N–H and O–H groups in total. The molecule has 2 aromatic carbocycles. The highest BCUT2D eigenvalue weighted by Gasteiger charge is 2.02. The molecule has 0 aromatic heterocycles. The van der Waals surface area contributed by atoms with Gasteiger partial charge in [0.05, 0.1) is 0 Å². The van der Waals surface area contributed by atoms with Crippen molar-refractivity contribution in [3.8, 4) is 0 Å². The number of allylic oxidation sites excluding steroid dienone is 1. The average molecular weight is 236 g/mol. The van der Waals surface area contributed by atoms with E-state index in [2.05, 4.69) is 74.5 Å². The van der Waals surface area contributed by atoms with Crippen LogP contribution in [0.25, 0.3) is 11.6 Å². The summed E-state index contributed by atoms with van der Waals surface area (Å²) in [7, 11) is 0. The third-order valence-electron chi connectivity index (χ3n) is 3.14. The van der Waals surface area contributed by atoms with Gasteiger partial charge in [-0.25, -0.2) is 0 Å². The van der Waals surface area contributed by atoms with Gasteiger partial charge in [0.25, 0.3) is 0 Å². The van der Waals surface area contributed by atoms with Crippen molar-refractivity contribution in [2.24, 2.45) is 0 Å². The van der Waals surface area contributed by atoms with Gasteiger partial charge in [-0.3, -0.25) is 0 Å². The molecule has 0 saturated carbocycles. The Morgan fingerprint density at radius 1 is 0.944 bits per heavy atom. The Hall–Kier alpha value is -1.82. The zero-order valence-corrected chi connectivity index (χ0v) is 11.2. The van der Waals surface area contributed by atoms with Crippen LogP contribution in [0.5, 0.6) is 0 Å². The maximum absolute atomic E-state index is 2.26. The van der Waals surface area contributed by atoms with E-state index in [1.807, 2.05) is 0 Å². The molecule has 0 aliphatic rings. The van der Waals surface area contributed by atoms with E-state index in [1.165, 1.54) is 28.7 Å². The fraction of sp³-hybridized carbons (Fsp3) is 0.222. The third kappa shape index (κ3) is 3.10. The van der Waals surface area contributed by atoms with Crippen molar-refractivity contribution in [2.75, 3.05) is 0 Å². The molecule has 0 saturated heterocycles. The predicted octanol–water partition coefficient (Wildman–Crippen LogP) is 5.20. The van der Waals surface area contributed by atoms with Crippen molar-refractivity contribution in [2.45, 2.75) is 26.7 Å². The quantitative estimate of drug-likeness (QED) is 0.640. The van der Waals surface area contributed by atoms with E-state index in [0.717, 1.165) is 6.42 Å². The number of hydrogen-bond donors (Lipinski definition) is 0. The van der Waals surface area contributed by atoms with E-state index < -0.39 is 0 Å². The summed E-state index contributed by atoms with van der Waals surface area (Å²) in [5.74, 6) is 0. The second-order valence-electron chi connectivity index (χ2n) is 4.65. The number of hydrogen-bond acceptors (Lipinski definition) is 0. The monoisotopic (exact) mass is 236 g/mol. The summed E-state index contributed by atoms with van der Waals surface area (Å²) in [4.78, 5) is 0. The van der Waals surface area contributed by atoms with Crippen LogP contribution in [-0.2, 0) is 6.42 Å². The minimum Gasteiger partial charge on any atom is -0.0651 e. The minimum absolute atomic E-state index is 1.15. The third-order valence-corrected chi connectivity index (χ3v) is 3.14. The summed E-state index contributed by atoms with van der Waals surface area (Å²) in [5.41, 5.74) is 5.43. The standard InChI is InChI=1S/C18H20/c1-3-9-17-12-7-8-13-18(17)15(2)14-16-10-5-4-6-11-16/h4-8,10-14H,3,9H2,1-2H3. The predicted molar refractivity (Wildman–Crippen MR) is 80.4 cm³/mol. The topological polar surface area (TPSA) is 0 Å². The first-order valence-electron chi connectivity index (χ1n) is 6.63. The lowest BCUT2D eigenvalue weighted by Gasteiger charge is -2.09. The maximum Gasteiger partial charge on any atom is -0.0195 e. The maximum atomic E-state index is 2.26. The van der Waals surface area contributed by atoms with Gasteiger partial charge in [-0.15, -0.1) is 0 Å². The molecule has 0 radical (unpaired) electrons. The Labute approximate surface area is 110 Å². The zero-order valence-electron chi connectivity index (χ0n) is 11.2. The van der Waals surface area contributed by atoms with E-state index in [0.29, 0.717) is 0 Å². The smallest absolute Gasteiger partial charge is 0.0195 e. The number of aryl methyl sites for hydroxylation is 1. The molecule has 0 spiro atoms. The van der Waals surface area contributed by atoms with Gasteiger partial charge in [0.15, 0.2) is 0 Å². The SMILES string of the molecule is CCCc1ccccc1C(C)=Cc1ccccc1. The first kappa shape index (κ1) is 12.6. The molecule has 0 heteroatoms. The molecule has 0 unspecified atom stereocenters. The van der Waals surface area contributed by atoms with Crippen molar-refractivity contribution in [3.05, 3.63) is 71.3 Å².